The number of thiophene rings is 1. The zero-order valence-electron chi connectivity index (χ0n) is 15.1. The monoisotopic (exact) mass is 458 g/mol. The van der Waals surface area contributed by atoms with Crippen molar-refractivity contribution in [2.24, 2.45) is 5.73 Å². The molecule has 0 spiro atoms. The van der Waals surface area contributed by atoms with Gasteiger partial charge < -0.3 is 15.8 Å². The van der Waals surface area contributed by atoms with Crippen molar-refractivity contribution in [2.45, 2.75) is 23.7 Å². The van der Waals surface area contributed by atoms with E-state index in [1.54, 1.807) is 12.3 Å². The Morgan fingerprint density at radius 3 is 2.60 bits per heavy atom. The van der Waals surface area contributed by atoms with Gasteiger partial charge in [0, 0.05) is 0 Å². The van der Waals surface area contributed by atoms with Gasteiger partial charge in [-0.3, -0.25) is 9.59 Å². The maximum Gasteiger partial charge on any atom is 0.573 e. The molecule has 0 aliphatic carbocycles. The summed E-state index contributed by atoms with van der Waals surface area (Å²) in [5.41, 5.74) is 5.84. The van der Waals surface area contributed by atoms with E-state index in [-0.39, 0.29) is 16.5 Å². The number of aromatic nitrogens is 4. The third kappa shape index (κ3) is 5.27. The molecule has 1 atom stereocenters. The predicted octanol–water partition coefficient (Wildman–Crippen LogP) is 2.84. The van der Waals surface area contributed by atoms with Crippen LogP contribution in [0.1, 0.15) is 17.3 Å². The van der Waals surface area contributed by atoms with Gasteiger partial charge in [0.2, 0.25) is 11.1 Å². The fraction of sp³-hybridized carbons (Fsp3) is 0.188. The Kier molecular flexibility index (Phi) is 6.26. The molecule has 2 amide bonds. The number of benzene rings is 1. The van der Waals surface area contributed by atoms with E-state index in [2.05, 4.69) is 25.6 Å². The van der Waals surface area contributed by atoms with Gasteiger partial charge in [0.15, 0.2) is 0 Å². The number of halogens is 3. The second-order valence-electron chi connectivity index (χ2n) is 5.69. The van der Waals surface area contributed by atoms with E-state index in [1.807, 2.05) is 0 Å². The minimum Gasteiger partial charge on any atom is -0.406 e. The Balaban J connectivity index is 1.70. The highest BCUT2D eigenvalue weighted by Crippen LogP contribution is 2.28. The van der Waals surface area contributed by atoms with Gasteiger partial charge in [-0.1, -0.05) is 11.8 Å². The molecule has 1 aromatic carbocycles. The standard InChI is InChI=1S/C16H13F3N6O3S2/c1-8(13(27)21-14-11(12(20)26)6-7-29-14)30-15-22-23-24-25(15)9-2-4-10(5-3-9)28-16(17,18)19/h2-8H,1H3,(H2,20,26)(H,21,27). The molecule has 2 aromatic heterocycles. The molecule has 0 aliphatic heterocycles. The lowest BCUT2D eigenvalue weighted by atomic mass is 10.3. The Morgan fingerprint density at radius 2 is 1.97 bits per heavy atom. The molecule has 0 aliphatic rings. The van der Waals surface area contributed by atoms with Crippen LogP contribution in [0.2, 0.25) is 0 Å². The molecule has 0 saturated carbocycles. The number of primary amides is 1. The van der Waals surface area contributed by atoms with Crippen molar-refractivity contribution in [2.75, 3.05) is 5.32 Å². The average Bonchev–Trinajstić information content (AvgIpc) is 3.30. The minimum absolute atomic E-state index is 0.205. The van der Waals surface area contributed by atoms with E-state index in [4.69, 9.17) is 5.73 Å². The number of nitrogens with one attached hydrogen (secondary N) is 1. The number of anilines is 1. The van der Waals surface area contributed by atoms with Gasteiger partial charge >= 0.3 is 6.36 Å². The van der Waals surface area contributed by atoms with Crippen molar-refractivity contribution in [1.29, 1.82) is 0 Å². The molecular weight excluding hydrogens is 445 g/mol. The van der Waals surface area contributed by atoms with Gasteiger partial charge in [-0.2, -0.15) is 4.68 Å². The first kappa shape index (κ1) is 21.6. The molecule has 0 radical (unpaired) electrons. The zero-order chi connectivity index (χ0) is 21.9. The third-order valence-corrected chi connectivity index (χ3v) is 5.44. The molecule has 3 N–H and O–H groups in total. The summed E-state index contributed by atoms with van der Waals surface area (Å²) < 4.78 is 41.9. The molecule has 0 fully saturated rings. The second kappa shape index (κ2) is 8.71. The highest BCUT2D eigenvalue weighted by molar-refractivity contribution is 8.00. The number of hydrogen-bond donors (Lipinski definition) is 2. The summed E-state index contributed by atoms with van der Waals surface area (Å²) in [5, 5.41) is 15.3. The van der Waals surface area contributed by atoms with E-state index in [0.29, 0.717) is 10.7 Å². The van der Waals surface area contributed by atoms with Crippen molar-refractivity contribution >= 4 is 39.9 Å². The van der Waals surface area contributed by atoms with Crippen molar-refractivity contribution in [3.8, 4) is 11.4 Å². The van der Waals surface area contributed by atoms with Crippen LogP contribution in [-0.4, -0.2) is 43.6 Å². The lowest BCUT2D eigenvalue weighted by Gasteiger charge is -2.12. The number of amides is 2. The summed E-state index contributed by atoms with van der Waals surface area (Å²) in [6.45, 7) is 1.61. The number of thioether (sulfide) groups is 1. The van der Waals surface area contributed by atoms with Crippen molar-refractivity contribution in [3.05, 3.63) is 41.3 Å². The summed E-state index contributed by atoms with van der Waals surface area (Å²) >= 11 is 2.18. The fourth-order valence-electron chi connectivity index (χ4n) is 2.23. The number of carbonyl (C=O) groups excluding carboxylic acids is 2. The van der Waals surface area contributed by atoms with Crippen LogP contribution in [0.3, 0.4) is 0 Å². The van der Waals surface area contributed by atoms with Gasteiger partial charge in [-0.15, -0.1) is 29.6 Å². The fourth-order valence-corrected chi connectivity index (χ4v) is 3.83. The maximum absolute atomic E-state index is 12.5. The van der Waals surface area contributed by atoms with Crippen LogP contribution in [0, 0.1) is 0 Å². The molecule has 158 valence electrons. The van der Waals surface area contributed by atoms with Crippen LogP contribution in [0.4, 0.5) is 18.2 Å². The Labute approximate surface area is 175 Å². The normalized spacial score (nSPS) is 12.4. The molecule has 1 unspecified atom stereocenters. The topological polar surface area (TPSA) is 125 Å². The smallest absolute Gasteiger partial charge is 0.406 e. The number of nitrogens with two attached hydrogens (primary N) is 1. The summed E-state index contributed by atoms with van der Waals surface area (Å²) in [4.78, 5) is 23.8. The number of carbonyl (C=O) groups is 2. The average molecular weight is 458 g/mol. The first-order valence-corrected chi connectivity index (χ1v) is 9.89. The number of ether oxygens (including phenoxy) is 1. The van der Waals surface area contributed by atoms with E-state index in [9.17, 15) is 22.8 Å². The molecule has 0 saturated heterocycles. The number of rotatable bonds is 7. The quantitative estimate of drug-likeness (QED) is 0.522. The van der Waals surface area contributed by atoms with Crippen molar-refractivity contribution in [1.82, 2.24) is 20.2 Å². The van der Waals surface area contributed by atoms with Crippen LogP contribution in [0.15, 0.2) is 40.9 Å². The highest BCUT2D eigenvalue weighted by Gasteiger charge is 2.31. The number of hydrogen-bond acceptors (Lipinski definition) is 8. The number of alkyl halides is 3. The first-order chi connectivity index (χ1) is 14.1. The highest BCUT2D eigenvalue weighted by atomic mass is 32.2. The molecule has 9 nitrogen and oxygen atoms in total. The SMILES string of the molecule is CC(Sc1nnnn1-c1ccc(OC(F)(F)F)cc1)C(=O)Nc1sccc1C(N)=O. The van der Waals surface area contributed by atoms with Crippen molar-refractivity contribution in [3.63, 3.8) is 0 Å². The van der Waals surface area contributed by atoms with Crippen LogP contribution in [0.5, 0.6) is 5.75 Å². The Bertz CT molecular complexity index is 1050. The lowest BCUT2D eigenvalue weighted by Crippen LogP contribution is -2.24. The predicted molar refractivity (Wildman–Crippen MR) is 103 cm³/mol. The van der Waals surface area contributed by atoms with E-state index >= 15 is 0 Å². The van der Waals surface area contributed by atoms with Crippen LogP contribution >= 0.6 is 23.1 Å². The summed E-state index contributed by atoms with van der Waals surface area (Å²) in [6, 6.07) is 6.44. The van der Waals surface area contributed by atoms with Gasteiger partial charge in [-0.25, -0.2) is 0 Å². The van der Waals surface area contributed by atoms with Crippen LogP contribution < -0.4 is 15.8 Å². The molecule has 3 aromatic rings. The van der Waals surface area contributed by atoms with Gasteiger partial charge in [0.05, 0.1) is 16.5 Å². The number of tetrazole rings is 1. The van der Waals surface area contributed by atoms with Crippen molar-refractivity contribution < 1.29 is 27.5 Å². The molecule has 0 bridgehead atoms. The summed E-state index contributed by atoms with van der Waals surface area (Å²) in [6.07, 6.45) is -4.79. The Morgan fingerprint density at radius 1 is 1.27 bits per heavy atom. The zero-order valence-corrected chi connectivity index (χ0v) is 16.7. The van der Waals surface area contributed by atoms with E-state index < -0.39 is 23.4 Å². The van der Waals surface area contributed by atoms with Gasteiger partial charge in [0.25, 0.3) is 5.91 Å². The molecule has 3 rings (SSSR count). The molecule has 2 heterocycles. The molecular formula is C16H13F3N6O3S2. The van der Waals surface area contributed by atoms with Crippen LogP contribution in [0.25, 0.3) is 5.69 Å². The lowest BCUT2D eigenvalue weighted by molar-refractivity contribution is -0.274. The Hall–Kier alpha value is -3.13. The molecule has 30 heavy (non-hydrogen) atoms. The van der Waals surface area contributed by atoms with Gasteiger partial charge in [-0.05, 0) is 53.1 Å². The van der Waals surface area contributed by atoms with Gasteiger partial charge in [0.1, 0.15) is 10.8 Å². The van der Waals surface area contributed by atoms with E-state index in [0.717, 1.165) is 35.2 Å². The van der Waals surface area contributed by atoms with E-state index in [1.165, 1.54) is 22.9 Å². The largest absolute Gasteiger partial charge is 0.573 e. The second-order valence-corrected chi connectivity index (χ2v) is 7.92. The first-order valence-electron chi connectivity index (χ1n) is 8.13. The molecule has 14 heteroatoms. The summed E-state index contributed by atoms with van der Waals surface area (Å²) in [7, 11) is 0. The third-order valence-electron chi connectivity index (χ3n) is 3.57. The summed E-state index contributed by atoms with van der Waals surface area (Å²) in [5.74, 6) is -1.45. The minimum atomic E-state index is -4.79. The number of nitrogens with zero attached hydrogens (tertiary/aromatic N) is 4. The maximum atomic E-state index is 12.5. The van der Waals surface area contributed by atoms with Crippen LogP contribution in [-0.2, 0) is 4.79 Å².